The number of hydrogen-bond donors (Lipinski definition) is 1. The number of halogens is 2. The summed E-state index contributed by atoms with van der Waals surface area (Å²) in [4.78, 5) is 16.2. The Balaban J connectivity index is 1.64. The van der Waals surface area contributed by atoms with Gasteiger partial charge in [0.2, 0.25) is 5.91 Å². The number of amides is 1. The molecule has 0 fully saturated rings. The molecule has 0 saturated heterocycles. The van der Waals surface area contributed by atoms with Gasteiger partial charge >= 0.3 is 0 Å². The number of thiazole rings is 1. The lowest BCUT2D eigenvalue weighted by Crippen LogP contribution is -2.19. The molecule has 0 unspecified atom stereocenters. The van der Waals surface area contributed by atoms with Gasteiger partial charge in [-0.05, 0) is 31.5 Å². The van der Waals surface area contributed by atoms with Gasteiger partial charge in [-0.25, -0.2) is 19.5 Å². The minimum Gasteiger partial charge on any atom is -0.273 e. The summed E-state index contributed by atoms with van der Waals surface area (Å²) in [5.41, 5.74) is 5.52. The minimum absolute atomic E-state index is 0.173. The summed E-state index contributed by atoms with van der Waals surface area (Å²) in [5.74, 6) is -0.550. The number of aromatic nitrogens is 3. The van der Waals surface area contributed by atoms with E-state index in [1.54, 1.807) is 23.7 Å². The molecule has 0 aliphatic heterocycles. The minimum atomic E-state index is -0.294. The number of nitrogens with one attached hydrogen (secondary N) is 1. The summed E-state index contributed by atoms with van der Waals surface area (Å²) < 4.78 is 14.6. The molecule has 0 bridgehead atoms. The van der Waals surface area contributed by atoms with E-state index in [-0.39, 0.29) is 18.1 Å². The second-order valence-corrected chi connectivity index (χ2v) is 7.23. The number of carbonyl (C=O) groups excluding carboxylic acids is 1. The maximum atomic E-state index is 13.0. The van der Waals surface area contributed by atoms with Crippen molar-refractivity contribution in [3.8, 4) is 0 Å². The summed E-state index contributed by atoms with van der Waals surface area (Å²) in [6.45, 7) is 4.09. The van der Waals surface area contributed by atoms with Crippen molar-refractivity contribution >= 4 is 35.1 Å². The molecule has 6 nitrogen and oxygen atoms in total. The number of hydrazone groups is 1. The number of carbonyl (C=O) groups is 1. The summed E-state index contributed by atoms with van der Waals surface area (Å²) >= 11 is 7.81. The van der Waals surface area contributed by atoms with Gasteiger partial charge in [0, 0.05) is 11.1 Å². The first-order valence-corrected chi connectivity index (χ1v) is 9.38. The average molecular weight is 406 g/mol. The van der Waals surface area contributed by atoms with Gasteiger partial charge in [0.25, 0.3) is 0 Å². The fourth-order valence-electron chi connectivity index (χ4n) is 2.41. The quantitative estimate of drug-likeness (QED) is 0.504. The van der Waals surface area contributed by atoms with Crippen LogP contribution < -0.4 is 5.43 Å². The molecule has 3 aromatic rings. The SMILES string of the molecule is Cc1csc(CC(=O)N/N=C\c2c(C)nn(Cc3ccc(F)cc3)c2Cl)n1. The molecule has 9 heteroatoms. The summed E-state index contributed by atoms with van der Waals surface area (Å²) in [6, 6.07) is 6.14. The molecule has 0 radical (unpaired) electrons. The van der Waals surface area contributed by atoms with Crippen molar-refractivity contribution in [2.45, 2.75) is 26.8 Å². The first-order valence-electron chi connectivity index (χ1n) is 8.12. The molecule has 1 amide bonds. The second kappa shape index (κ2) is 8.41. The van der Waals surface area contributed by atoms with E-state index < -0.39 is 0 Å². The van der Waals surface area contributed by atoms with Gasteiger partial charge in [-0.2, -0.15) is 10.2 Å². The second-order valence-electron chi connectivity index (χ2n) is 5.93. The van der Waals surface area contributed by atoms with Crippen molar-refractivity contribution in [3.63, 3.8) is 0 Å². The largest absolute Gasteiger partial charge is 0.273 e. The van der Waals surface area contributed by atoms with E-state index in [9.17, 15) is 9.18 Å². The lowest BCUT2D eigenvalue weighted by Gasteiger charge is -2.03. The van der Waals surface area contributed by atoms with Crippen LogP contribution >= 0.6 is 22.9 Å². The van der Waals surface area contributed by atoms with E-state index in [0.29, 0.717) is 23.0 Å². The Labute approximate surface area is 164 Å². The molecular weight excluding hydrogens is 389 g/mol. The van der Waals surface area contributed by atoms with Crippen LogP contribution in [0.2, 0.25) is 5.15 Å². The summed E-state index contributed by atoms with van der Waals surface area (Å²) in [6.07, 6.45) is 1.64. The zero-order valence-electron chi connectivity index (χ0n) is 14.7. The lowest BCUT2D eigenvalue weighted by molar-refractivity contribution is -0.120. The van der Waals surface area contributed by atoms with Gasteiger partial charge in [0.05, 0.1) is 30.4 Å². The molecule has 2 heterocycles. The number of hydrogen-bond acceptors (Lipinski definition) is 5. The molecule has 0 spiro atoms. The fourth-order valence-corrected chi connectivity index (χ4v) is 3.46. The van der Waals surface area contributed by atoms with Crippen LogP contribution in [0.5, 0.6) is 0 Å². The molecule has 1 aromatic carbocycles. The Bertz CT molecular complexity index is 980. The molecule has 0 atom stereocenters. The van der Waals surface area contributed by atoms with Gasteiger partial charge in [-0.3, -0.25) is 4.79 Å². The number of nitrogens with zero attached hydrogens (tertiary/aromatic N) is 4. The molecule has 0 saturated carbocycles. The highest BCUT2D eigenvalue weighted by molar-refractivity contribution is 7.09. The fraction of sp³-hybridized carbons (Fsp3) is 0.222. The van der Waals surface area contributed by atoms with Crippen LogP contribution in [-0.4, -0.2) is 26.9 Å². The highest BCUT2D eigenvalue weighted by Gasteiger charge is 2.12. The van der Waals surface area contributed by atoms with Crippen molar-refractivity contribution in [3.05, 3.63) is 68.1 Å². The van der Waals surface area contributed by atoms with Gasteiger partial charge in [0.15, 0.2) is 0 Å². The van der Waals surface area contributed by atoms with Crippen LogP contribution in [-0.2, 0) is 17.8 Å². The van der Waals surface area contributed by atoms with Crippen LogP contribution in [0.25, 0.3) is 0 Å². The van der Waals surface area contributed by atoms with E-state index in [1.165, 1.54) is 29.7 Å². The third-order valence-corrected chi connectivity index (χ3v) is 5.08. The highest BCUT2D eigenvalue weighted by Crippen LogP contribution is 2.19. The van der Waals surface area contributed by atoms with Gasteiger partial charge in [-0.15, -0.1) is 11.3 Å². The van der Waals surface area contributed by atoms with Crippen molar-refractivity contribution in [2.75, 3.05) is 0 Å². The Morgan fingerprint density at radius 3 is 2.78 bits per heavy atom. The Hall–Kier alpha value is -2.58. The van der Waals surface area contributed by atoms with E-state index in [4.69, 9.17) is 11.6 Å². The van der Waals surface area contributed by atoms with Gasteiger partial charge in [-0.1, -0.05) is 23.7 Å². The number of benzene rings is 1. The van der Waals surface area contributed by atoms with Gasteiger partial charge in [0.1, 0.15) is 16.0 Å². The highest BCUT2D eigenvalue weighted by atomic mass is 35.5. The van der Waals surface area contributed by atoms with Crippen LogP contribution in [0.4, 0.5) is 4.39 Å². The van der Waals surface area contributed by atoms with Crippen LogP contribution in [0.3, 0.4) is 0 Å². The molecule has 1 N–H and O–H groups in total. The predicted molar refractivity (Wildman–Crippen MR) is 104 cm³/mol. The molecule has 3 rings (SSSR count). The first kappa shape index (κ1) is 19.2. The monoisotopic (exact) mass is 405 g/mol. The van der Waals surface area contributed by atoms with Gasteiger partial charge < -0.3 is 0 Å². The zero-order valence-corrected chi connectivity index (χ0v) is 16.3. The van der Waals surface area contributed by atoms with Crippen molar-refractivity contribution in [2.24, 2.45) is 5.10 Å². The van der Waals surface area contributed by atoms with Crippen LogP contribution in [0, 0.1) is 19.7 Å². The van der Waals surface area contributed by atoms with E-state index >= 15 is 0 Å². The van der Waals surface area contributed by atoms with Crippen molar-refractivity contribution < 1.29 is 9.18 Å². The Kier molecular flexibility index (Phi) is 5.98. The molecular formula is C18H17ClFN5OS. The molecule has 140 valence electrons. The molecule has 0 aliphatic rings. The maximum absolute atomic E-state index is 13.0. The zero-order chi connectivity index (χ0) is 19.4. The summed E-state index contributed by atoms with van der Waals surface area (Å²) in [5, 5.41) is 11.4. The maximum Gasteiger partial charge on any atom is 0.246 e. The third-order valence-electron chi connectivity index (χ3n) is 3.72. The van der Waals surface area contributed by atoms with E-state index in [0.717, 1.165) is 16.3 Å². The smallest absolute Gasteiger partial charge is 0.246 e. The normalized spacial score (nSPS) is 11.3. The van der Waals surface area contributed by atoms with Crippen molar-refractivity contribution in [1.29, 1.82) is 0 Å². The van der Waals surface area contributed by atoms with Crippen molar-refractivity contribution in [1.82, 2.24) is 20.2 Å². The number of rotatable bonds is 6. The van der Waals surface area contributed by atoms with E-state index in [2.05, 4.69) is 20.6 Å². The average Bonchev–Trinajstić information content (AvgIpc) is 3.14. The topological polar surface area (TPSA) is 72.2 Å². The Morgan fingerprint density at radius 1 is 1.37 bits per heavy atom. The Morgan fingerprint density at radius 2 is 2.11 bits per heavy atom. The number of aryl methyl sites for hydroxylation is 2. The molecule has 0 aliphatic carbocycles. The van der Waals surface area contributed by atoms with E-state index in [1.807, 2.05) is 12.3 Å². The standard InChI is InChI=1S/C18H17ClFN5OS/c1-11-10-27-17(22-11)7-16(26)23-21-8-15-12(2)24-25(18(15)19)9-13-3-5-14(20)6-4-13/h3-6,8,10H,7,9H2,1-2H3,(H,23,26)/b21-8-. The predicted octanol–water partition coefficient (Wildman–Crippen LogP) is 3.49. The lowest BCUT2D eigenvalue weighted by atomic mass is 10.2. The van der Waals surface area contributed by atoms with Crippen LogP contribution in [0.15, 0.2) is 34.7 Å². The molecule has 27 heavy (non-hydrogen) atoms. The first-order chi connectivity index (χ1) is 12.9. The van der Waals surface area contributed by atoms with Crippen LogP contribution in [0.1, 0.15) is 27.5 Å². The molecule has 2 aromatic heterocycles. The summed E-state index contributed by atoms with van der Waals surface area (Å²) in [7, 11) is 0. The third kappa shape index (κ3) is 4.99.